The van der Waals surface area contributed by atoms with Gasteiger partial charge in [-0.2, -0.15) is 5.10 Å². The molecule has 1 fully saturated rings. The van der Waals surface area contributed by atoms with Crippen LogP contribution in [-0.4, -0.2) is 89.8 Å². The fourth-order valence-corrected chi connectivity index (χ4v) is 4.47. The number of H-pyrrole nitrogens is 1. The summed E-state index contributed by atoms with van der Waals surface area (Å²) in [4.78, 5) is 45.9. The Balaban J connectivity index is 1.34. The smallest absolute Gasteiger partial charge is 0.321 e. The third-order valence-corrected chi connectivity index (χ3v) is 6.62. The third kappa shape index (κ3) is 4.02. The molecule has 1 aliphatic rings. The van der Waals surface area contributed by atoms with E-state index < -0.39 is 5.91 Å². The Hall–Kier alpha value is -5.11. The van der Waals surface area contributed by atoms with Crippen molar-refractivity contribution in [3.63, 3.8) is 0 Å². The zero-order valence-electron chi connectivity index (χ0n) is 20.4. The number of fused-ring (bicyclic) bond motifs is 2. The van der Waals surface area contributed by atoms with Crippen molar-refractivity contribution < 1.29 is 9.59 Å². The van der Waals surface area contributed by atoms with Crippen molar-refractivity contribution in [3.05, 3.63) is 48.7 Å². The second-order valence-electron chi connectivity index (χ2n) is 9.10. The van der Waals surface area contributed by atoms with Gasteiger partial charge in [-0.05, 0) is 19.2 Å². The van der Waals surface area contributed by atoms with Gasteiger partial charge in [0.1, 0.15) is 16.7 Å². The fourth-order valence-electron chi connectivity index (χ4n) is 4.47. The first kappa shape index (κ1) is 23.3. The number of rotatable bonds is 4. The van der Waals surface area contributed by atoms with E-state index >= 15 is 0 Å². The van der Waals surface area contributed by atoms with Gasteiger partial charge in [-0.1, -0.05) is 0 Å². The van der Waals surface area contributed by atoms with Crippen molar-refractivity contribution in [2.45, 2.75) is 0 Å². The van der Waals surface area contributed by atoms with E-state index in [1.165, 1.54) is 17.1 Å². The van der Waals surface area contributed by atoms with Crippen molar-refractivity contribution in [1.29, 1.82) is 0 Å². The van der Waals surface area contributed by atoms with Crippen molar-refractivity contribution in [2.75, 3.05) is 44.4 Å². The van der Waals surface area contributed by atoms with Crippen molar-refractivity contribution >= 4 is 39.7 Å². The van der Waals surface area contributed by atoms with Gasteiger partial charge >= 0.3 is 6.03 Å². The molecule has 1 aliphatic heterocycles. The maximum absolute atomic E-state index is 12.7. The summed E-state index contributed by atoms with van der Waals surface area (Å²) in [5, 5.41) is 10.8. The van der Waals surface area contributed by atoms with Crippen LogP contribution in [0.25, 0.3) is 44.7 Å². The molecule has 5 aromatic heterocycles. The molecule has 5 aromatic rings. The predicted molar refractivity (Wildman–Crippen MR) is 140 cm³/mol. The van der Waals surface area contributed by atoms with E-state index in [0.29, 0.717) is 52.4 Å². The Morgan fingerprint density at radius 2 is 1.76 bits per heavy atom. The summed E-state index contributed by atoms with van der Waals surface area (Å²) >= 11 is 0. The molecular weight excluding hydrogens is 488 g/mol. The van der Waals surface area contributed by atoms with E-state index in [9.17, 15) is 9.59 Å². The van der Waals surface area contributed by atoms with Gasteiger partial charge in [0.15, 0.2) is 11.5 Å². The van der Waals surface area contributed by atoms with Gasteiger partial charge < -0.3 is 26.7 Å². The molecule has 0 spiro atoms. The largest absolute Gasteiger partial charge is 0.365 e. The fraction of sp³-hybridized carbons (Fsp3) is 0.208. The van der Waals surface area contributed by atoms with Crippen LogP contribution in [0.4, 0.5) is 10.5 Å². The first-order valence-corrected chi connectivity index (χ1v) is 11.8. The first-order chi connectivity index (χ1) is 18.4. The van der Waals surface area contributed by atoms with Gasteiger partial charge in [-0.15, -0.1) is 0 Å². The number of nitrogens with zero attached hydrogens (tertiary/aromatic N) is 8. The topological polar surface area (TPSA) is 190 Å². The van der Waals surface area contributed by atoms with E-state index in [4.69, 9.17) is 11.6 Å². The monoisotopic (exact) mass is 512 g/mol. The van der Waals surface area contributed by atoms with Crippen LogP contribution < -0.4 is 16.9 Å². The molecule has 0 unspecified atom stereocenters. The van der Waals surface area contributed by atoms with E-state index in [2.05, 4.69) is 40.3 Å². The normalized spacial score (nSPS) is 14.3. The molecule has 3 amide bonds. The molecular formula is C24H24N12O2. The summed E-state index contributed by atoms with van der Waals surface area (Å²) in [6.45, 7) is 3.01. The number of carbonyl (C=O) groups excluding carboxylic acids is 2. The molecule has 6 rings (SSSR count). The molecule has 14 heteroatoms. The number of urea groups is 1. The van der Waals surface area contributed by atoms with Gasteiger partial charge in [0.2, 0.25) is 0 Å². The lowest BCUT2D eigenvalue weighted by Gasteiger charge is -2.32. The van der Waals surface area contributed by atoms with Crippen molar-refractivity contribution in [3.8, 4) is 22.6 Å². The van der Waals surface area contributed by atoms with Crippen LogP contribution in [0, 0.1) is 0 Å². The molecule has 38 heavy (non-hydrogen) atoms. The maximum Gasteiger partial charge on any atom is 0.321 e. The molecule has 14 nitrogen and oxygen atoms in total. The second-order valence-corrected chi connectivity index (χ2v) is 9.10. The van der Waals surface area contributed by atoms with E-state index in [0.717, 1.165) is 24.2 Å². The van der Waals surface area contributed by atoms with E-state index in [1.54, 1.807) is 23.5 Å². The third-order valence-electron chi connectivity index (χ3n) is 6.62. The zero-order valence-corrected chi connectivity index (χ0v) is 20.4. The summed E-state index contributed by atoms with van der Waals surface area (Å²) in [7, 11) is 2.04. The number of piperazine rings is 1. The molecule has 6 N–H and O–H groups in total. The first-order valence-electron chi connectivity index (χ1n) is 11.8. The lowest BCUT2D eigenvalue weighted by atomic mass is 10.1. The zero-order chi connectivity index (χ0) is 26.4. The Kier molecular flexibility index (Phi) is 5.57. The molecule has 0 saturated carbocycles. The average molecular weight is 513 g/mol. The Morgan fingerprint density at radius 1 is 1.00 bits per heavy atom. The van der Waals surface area contributed by atoms with Crippen LogP contribution in [0.5, 0.6) is 0 Å². The van der Waals surface area contributed by atoms with Crippen molar-refractivity contribution in [2.24, 2.45) is 5.73 Å². The number of imidazole rings is 1. The van der Waals surface area contributed by atoms with Crippen LogP contribution in [0.15, 0.2) is 43.1 Å². The highest BCUT2D eigenvalue weighted by Gasteiger charge is 2.21. The molecule has 192 valence electrons. The number of hydrogen-bond acceptors (Lipinski definition) is 9. The van der Waals surface area contributed by atoms with Gasteiger partial charge in [0.05, 0.1) is 29.0 Å². The number of primary amides is 1. The summed E-state index contributed by atoms with van der Waals surface area (Å²) in [5.41, 5.74) is 9.48. The van der Waals surface area contributed by atoms with Gasteiger partial charge in [-0.25, -0.2) is 19.4 Å². The SMILES string of the molecule is CN1CCN(C(=O)Nc2cncc(-c3cnc4n[nH]c(-c5nc6c(C(N)=O)cncc6n5N)c4c3)c2)CC1. The number of nitrogens with one attached hydrogen (secondary N) is 2. The highest BCUT2D eigenvalue weighted by molar-refractivity contribution is 6.05. The molecule has 0 radical (unpaired) electrons. The number of likely N-dealkylation sites (N-methyl/N-ethyl adjacent to an activating group) is 1. The van der Waals surface area contributed by atoms with Crippen LogP contribution >= 0.6 is 0 Å². The summed E-state index contributed by atoms with van der Waals surface area (Å²) in [6.07, 6.45) is 7.84. The minimum Gasteiger partial charge on any atom is -0.365 e. The number of nitrogen functional groups attached to an aromatic ring is 1. The molecule has 6 heterocycles. The van der Waals surface area contributed by atoms with Gasteiger partial charge in [0, 0.05) is 55.9 Å². The summed E-state index contributed by atoms with van der Waals surface area (Å²) < 4.78 is 1.32. The Bertz CT molecular complexity index is 1700. The lowest BCUT2D eigenvalue weighted by Crippen LogP contribution is -2.48. The van der Waals surface area contributed by atoms with Crippen LogP contribution in [0.3, 0.4) is 0 Å². The molecule has 0 aliphatic carbocycles. The highest BCUT2D eigenvalue weighted by atomic mass is 16.2. The number of amides is 3. The number of aromatic amines is 1. The van der Waals surface area contributed by atoms with E-state index in [1.807, 2.05) is 19.2 Å². The van der Waals surface area contributed by atoms with Gasteiger partial charge in [0.25, 0.3) is 5.91 Å². The number of carbonyl (C=O) groups is 2. The number of anilines is 1. The molecule has 0 aromatic carbocycles. The predicted octanol–water partition coefficient (Wildman–Crippen LogP) is 1.02. The highest BCUT2D eigenvalue weighted by Crippen LogP contribution is 2.31. The Labute approximate surface area is 215 Å². The van der Waals surface area contributed by atoms with Gasteiger partial charge in [-0.3, -0.25) is 19.9 Å². The minimum atomic E-state index is -0.654. The molecule has 0 bridgehead atoms. The average Bonchev–Trinajstić information content (AvgIpc) is 3.49. The van der Waals surface area contributed by atoms with Crippen LogP contribution in [0.2, 0.25) is 0 Å². The number of nitrogens with two attached hydrogens (primary N) is 2. The van der Waals surface area contributed by atoms with Crippen LogP contribution in [-0.2, 0) is 0 Å². The summed E-state index contributed by atoms with van der Waals surface area (Å²) in [5.74, 6) is 5.99. The van der Waals surface area contributed by atoms with E-state index in [-0.39, 0.29) is 11.6 Å². The number of hydrogen-bond donors (Lipinski definition) is 4. The quantitative estimate of drug-likeness (QED) is 0.255. The Morgan fingerprint density at radius 3 is 2.55 bits per heavy atom. The second kappa shape index (κ2) is 9.08. The standard InChI is InChI=1S/C24H24N12O2/c1-34-2-4-35(5-3-34)24(38)30-15-6-13(8-27-10-15)14-7-16-20(32-33-22(16)29-9-14)23-31-19-17(21(25)37)11-28-12-18(19)36(23)26/h6-12H,2-5,26H2,1H3,(H2,25,37)(H,30,38)(H,29,32,33). The van der Waals surface area contributed by atoms with Crippen LogP contribution in [0.1, 0.15) is 10.4 Å². The number of pyridine rings is 3. The maximum atomic E-state index is 12.7. The minimum absolute atomic E-state index is 0.158. The molecule has 0 atom stereocenters. The molecule has 1 saturated heterocycles. The lowest BCUT2D eigenvalue weighted by molar-refractivity contribution is 0.100. The summed E-state index contributed by atoms with van der Waals surface area (Å²) in [6, 6.07) is 3.57. The van der Waals surface area contributed by atoms with Crippen molar-refractivity contribution in [1.82, 2.24) is 44.6 Å². The number of aromatic nitrogens is 7.